The Hall–Kier alpha value is -1.86. The normalized spacial score (nSPS) is 10.2. The molecule has 0 saturated heterocycles. The maximum Gasteiger partial charge on any atom is 0.274 e. The number of nitrogen functional groups attached to an aromatic ring is 1. The third-order valence-electron chi connectivity index (χ3n) is 1.82. The van der Waals surface area contributed by atoms with Gasteiger partial charge >= 0.3 is 0 Å². The van der Waals surface area contributed by atoms with E-state index in [1.165, 1.54) is 12.4 Å². The van der Waals surface area contributed by atoms with Crippen LogP contribution in [0.2, 0.25) is 10.2 Å². The van der Waals surface area contributed by atoms with Gasteiger partial charge in [-0.25, -0.2) is 9.97 Å². The van der Waals surface area contributed by atoms with Crippen LogP contribution in [-0.4, -0.2) is 26.1 Å². The van der Waals surface area contributed by atoms with Crippen molar-refractivity contribution in [3.63, 3.8) is 0 Å². The lowest BCUT2D eigenvalue weighted by Gasteiger charge is -2.04. The van der Waals surface area contributed by atoms with E-state index >= 15 is 0 Å². The van der Waals surface area contributed by atoms with Crippen LogP contribution in [0.25, 0.3) is 0 Å². The van der Waals surface area contributed by atoms with Crippen LogP contribution >= 0.6 is 23.2 Å². The third-order valence-corrected chi connectivity index (χ3v) is 2.56. The molecule has 4 N–H and O–H groups in total. The number of amides is 1. The standard InChI is InChI=1S/C8H6Cl2N6O/c9-5-6(10)12-2-13-7(5)14-8(17)3-1-4(11)16-15-3/h1-2H,(H3,11,15,16)(H,12,13,14,17). The summed E-state index contributed by atoms with van der Waals surface area (Å²) < 4.78 is 0. The van der Waals surface area contributed by atoms with Crippen molar-refractivity contribution >= 4 is 40.7 Å². The van der Waals surface area contributed by atoms with Crippen LogP contribution in [0.15, 0.2) is 12.4 Å². The highest BCUT2D eigenvalue weighted by Gasteiger charge is 2.13. The summed E-state index contributed by atoms with van der Waals surface area (Å²) in [6.07, 6.45) is 1.19. The second-order valence-electron chi connectivity index (χ2n) is 2.99. The van der Waals surface area contributed by atoms with Gasteiger partial charge in [0.25, 0.3) is 5.91 Å². The van der Waals surface area contributed by atoms with Crippen molar-refractivity contribution < 1.29 is 4.79 Å². The summed E-state index contributed by atoms with van der Waals surface area (Å²) in [4.78, 5) is 19.1. The topological polar surface area (TPSA) is 110 Å². The van der Waals surface area contributed by atoms with E-state index < -0.39 is 5.91 Å². The van der Waals surface area contributed by atoms with Gasteiger partial charge in [-0.05, 0) is 0 Å². The van der Waals surface area contributed by atoms with Gasteiger partial charge in [-0.15, -0.1) is 0 Å². The highest BCUT2D eigenvalue weighted by Crippen LogP contribution is 2.25. The minimum atomic E-state index is -0.481. The summed E-state index contributed by atoms with van der Waals surface area (Å²) in [6, 6.07) is 1.38. The van der Waals surface area contributed by atoms with Gasteiger partial charge in [0, 0.05) is 6.07 Å². The van der Waals surface area contributed by atoms with Crippen LogP contribution < -0.4 is 11.1 Å². The van der Waals surface area contributed by atoms with Crippen LogP contribution in [0.5, 0.6) is 0 Å². The molecule has 0 aromatic carbocycles. The van der Waals surface area contributed by atoms with E-state index in [1.807, 2.05) is 0 Å². The fourth-order valence-corrected chi connectivity index (χ4v) is 1.34. The number of anilines is 2. The molecule has 2 rings (SSSR count). The number of nitrogens with one attached hydrogen (secondary N) is 2. The molecule has 0 bridgehead atoms. The van der Waals surface area contributed by atoms with Gasteiger partial charge in [-0.1, -0.05) is 23.2 Å². The maximum atomic E-state index is 11.7. The SMILES string of the molecule is Nc1cc(C(=O)Nc2ncnc(Cl)c2Cl)[nH]n1. The van der Waals surface area contributed by atoms with E-state index in [0.29, 0.717) is 0 Å². The minimum Gasteiger partial charge on any atom is -0.382 e. The van der Waals surface area contributed by atoms with Crippen molar-refractivity contribution in [2.45, 2.75) is 0 Å². The molecular formula is C8H6Cl2N6O. The molecule has 9 heteroatoms. The Labute approximate surface area is 105 Å². The van der Waals surface area contributed by atoms with E-state index in [2.05, 4.69) is 25.5 Å². The van der Waals surface area contributed by atoms with Crippen LogP contribution in [0, 0.1) is 0 Å². The van der Waals surface area contributed by atoms with E-state index in [-0.39, 0.29) is 27.5 Å². The zero-order valence-electron chi connectivity index (χ0n) is 8.24. The summed E-state index contributed by atoms with van der Waals surface area (Å²) in [7, 11) is 0. The Balaban J connectivity index is 2.21. The number of carbonyl (C=O) groups excluding carboxylic acids is 1. The van der Waals surface area contributed by atoms with Gasteiger partial charge in [0.1, 0.15) is 22.9 Å². The molecule has 7 nitrogen and oxygen atoms in total. The van der Waals surface area contributed by atoms with Crippen molar-refractivity contribution in [2.75, 3.05) is 11.1 Å². The van der Waals surface area contributed by atoms with Gasteiger partial charge < -0.3 is 11.1 Å². The first kappa shape index (κ1) is 11.6. The van der Waals surface area contributed by atoms with E-state index in [4.69, 9.17) is 28.9 Å². The number of halogens is 2. The third kappa shape index (κ3) is 2.45. The number of nitrogens with two attached hydrogens (primary N) is 1. The number of H-pyrrole nitrogens is 1. The average molecular weight is 273 g/mol. The molecule has 0 aliphatic rings. The lowest BCUT2D eigenvalue weighted by molar-refractivity contribution is 0.102. The number of carbonyl (C=O) groups is 1. The zero-order valence-corrected chi connectivity index (χ0v) is 9.75. The van der Waals surface area contributed by atoms with Crippen molar-refractivity contribution in [1.82, 2.24) is 20.2 Å². The predicted molar refractivity (Wildman–Crippen MR) is 63.0 cm³/mol. The van der Waals surface area contributed by atoms with E-state index in [1.54, 1.807) is 0 Å². The average Bonchev–Trinajstić information content (AvgIpc) is 2.72. The molecule has 2 aromatic rings. The van der Waals surface area contributed by atoms with Crippen molar-refractivity contribution in [3.8, 4) is 0 Å². The summed E-state index contributed by atoms with van der Waals surface area (Å²) in [5.41, 5.74) is 5.56. The highest BCUT2D eigenvalue weighted by atomic mass is 35.5. The van der Waals surface area contributed by atoms with Crippen LogP contribution in [0.3, 0.4) is 0 Å². The molecule has 1 amide bonds. The number of rotatable bonds is 2. The Morgan fingerprint density at radius 3 is 2.82 bits per heavy atom. The van der Waals surface area contributed by atoms with E-state index in [9.17, 15) is 4.79 Å². The Bertz CT molecular complexity index is 569. The fraction of sp³-hybridized carbons (Fsp3) is 0. The van der Waals surface area contributed by atoms with Gasteiger partial charge in [0.2, 0.25) is 0 Å². The molecule has 0 saturated carbocycles. The van der Waals surface area contributed by atoms with Gasteiger partial charge in [-0.2, -0.15) is 5.10 Å². The zero-order chi connectivity index (χ0) is 12.4. The number of aromatic amines is 1. The molecule has 0 aliphatic heterocycles. The molecule has 2 heterocycles. The van der Waals surface area contributed by atoms with Crippen molar-refractivity contribution in [2.24, 2.45) is 0 Å². The van der Waals surface area contributed by atoms with Crippen LogP contribution in [0.4, 0.5) is 11.6 Å². The number of hydrogen-bond donors (Lipinski definition) is 3. The Kier molecular flexibility index (Phi) is 3.12. The molecule has 0 spiro atoms. The first-order chi connectivity index (χ1) is 8.08. The lowest BCUT2D eigenvalue weighted by atomic mass is 10.4. The number of aromatic nitrogens is 4. The molecule has 0 aliphatic carbocycles. The monoisotopic (exact) mass is 272 g/mol. The lowest BCUT2D eigenvalue weighted by Crippen LogP contribution is -2.14. The summed E-state index contributed by atoms with van der Waals surface area (Å²) in [5, 5.41) is 8.64. The van der Waals surface area contributed by atoms with E-state index in [0.717, 1.165) is 0 Å². The van der Waals surface area contributed by atoms with Gasteiger partial charge in [-0.3, -0.25) is 9.89 Å². The maximum absolute atomic E-state index is 11.7. The quantitative estimate of drug-likeness (QED) is 0.715. The molecular weight excluding hydrogens is 267 g/mol. The molecule has 0 fully saturated rings. The van der Waals surface area contributed by atoms with Crippen molar-refractivity contribution in [3.05, 3.63) is 28.3 Å². The second-order valence-corrected chi connectivity index (χ2v) is 3.72. The molecule has 17 heavy (non-hydrogen) atoms. The Morgan fingerprint density at radius 2 is 2.18 bits per heavy atom. The molecule has 2 aromatic heterocycles. The summed E-state index contributed by atoms with van der Waals surface area (Å²) >= 11 is 11.5. The first-order valence-electron chi connectivity index (χ1n) is 4.36. The molecule has 0 atom stereocenters. The van der Waals surface area contributed by atoms with Gasteiger partial charge in [0.05, 0.1) is 0 Å². The first-order valence-corrected chi connectivity index (χ1v) is 5.11. The van der Waals surface area contributed by atoms with Gasteiger partial charge in [0.15, 0.2) is 11.0 Å². The largest absolute Gasteiger partial charge is 0.382 e. The van der Waals surface area contributed by atoms with Crippen molar-refractivity contribution in [1.29, 1.82) is 0 Å². The number of hydrogen-bond acceptors (Lipinski definition) is 5. The second kappa shape index (κ2) is 4.56. The summed E-state index contributed by atoms with van der Waals surface area (Å²) in [6.45, 7) is 0. The predicted octanol–water partition coefficient (Wildman–Crippen LogP) is 1.34. The van der Waals surface area contributed by atoms with Crippen LogP contribution in [-0.2, 0) is 0 Å². The summed E-state index contributed by atoms with van der Waals surface area (Å²) in [5.74, 6) is -0.155. The Morgan fingerprint density at radius 1 is 1.41 bits per heavy atom. The smallest absolute Gasteiger partial charge is 0.274 e. The fourth-order valence-electron chi connectivity index (χ4n) is 1.06. The molecule has 0 radical (unpaired) electrons. The van der Waals surface area contributed by atoms with Crippen LogP contribution in [0.1, 0.15) is 10.5 Å². The number of nitrogens with zero attached hydrogens (tertiary/aromatic N) is 3. The molecule has 88 valence electrons. The minimum absolute atomic E-state index is 0.0566. The molecule has 0 unspecified atom stereocenters. The highest BCUT2D eigenvalue weighted by molar-refractivity contribution is 6.43.